The van der Waals surface area contributed by atoms with E-state index in [0.29, 0.717) is 5.82 Å². The zero-order chi connectivity index (χ0) is 12.1. The van der Waals surface area contributed by atoms with Gasteiger partial charge in [0.05, 0.1) is 0 Å². The van der Waals surface area contributed by atoms with Gasteiger partial charge < -0.3 is 11.1 Å². The number of rotatable bonds is 5. The molecule has 1 aromatic rings. The van der Waals surface area contributed by atoms with Gasteiger partial charge in [0.2, 0.25) is 5.91 Å². The summed E-state index contributed by atoms with van der Waals surface area (Å²) in [6.07, 6.45) is 3.67. The van der Waals surface area contributed by atoms with Crippen LogP contribution in [0, 0.1) is 6.92 Å². The first kappa shape index (κ1) is 12.5. The molecule has 0 aliphatic rings. The minimum absolute atomic E-state index is 0.0174. The van der Waals surface area contributed by atoms with Gasteiger partial charge in [0.25, 0.3) is 0 Å². The second-order valence-electron chi connectivity index (χ2n) is 3.98. The van der Waals surface area contributed by atoms with Crippen LogP contribution in [0.25, 0.3) is 0 Å². The number of aromatic nitrogens is 2. The minimum Gasteiger partial charge on any atom is -0.382 e. The molecule has 3 N–H and O–H groups in total. The number of nitrogen functional groups attached to an aromatic ring is 1. The summed E-state index contributed by atoms with van der Waals surface area (Å²) in [4.78, 5) is 11.6. The molecule has 0 aliphatic carbocycles. The predicted molar refractivity (Wildman–Crippen MR) is 63.9 cm³/mol. The number of nitrogens with one attached hydrogen (secondary N) is 1. The number of nitrogens with two attached hydrogens (primary N) is 1. The molecule has 0 aromatic carbocycles. The van der Waals surface area contributed by atoms with Crippen LogP contribution in [0.1, 0.15) is 32.3 Å². The number of carbonyl (C=O) groups excluding carboxylic acids is 1. The fraction of sp³-hybridized carbons (Fsp3) is 0.636. The first-order valence-corrected chi connectivity index (χ1v) is 5.65. The molecule has 90 valence electrons. The highest BCUT2D eigenvalue weighted by Gasteiger charge is 2.10. The molecule has 1 heterocycles. The molecule has 0 aliphatic heterocycles. The summed E-state index contributed by atoms with van der Waals surface area (Å²) in [5.74, 6) is 0.464. The number of amides is 1. The molecule has 0 saturated carbocycles. The van der Waals surface area contributed by atoms with Gasteiger partial charge >= 0.3 is 0 Å². The van der Waals surface area contributed by atoms with Gasteiger partial charge in [-0.1, -0.05) is 13.8 Å². The number of anilines is 1. The van der Waals surface area contributed by atoms with Crippen LogP contribution in [-0.4, -0.2) is 21.7 Å². The first-order valence-electron chi connectivity index (χ1n) is 5.65. The Morgan fingerprint density at radius 1 is 1.56 bits per heavy atom. The Morgan fingerprint density at radius 2 is 2.19 bits per heavy atom. The highest BCUT2D eigenvalue weighted by molar-refractivity contribution is 5.76. The molecule has 0 radical (unpaired) electrons. The van der Waals surface area contributed by atoms with E-state index in [4.69, 9.17) is 5.73 Å². The van der Waals surface area contributed by atoms with Crippen LogP contribution in [0.3, 0.4) is 0 Å². The predicted octanol–water partition coefficient (Wildman–Crippen LogP) is 1.08. The summed E-state index contributed by atoms with van der Waals surface area (Å²) in [6, 6.07) is 0.251. The van der Waals surface area contributed by atoms with Gasteiger partial charge in [-0.25, -0.2) is 0 Å². The van der Waals surface area contributed by atoms with Gasteiger partial charge in [0, 0.05) is 17.8 Å². The molecule has 5 nitrogen and oxygen atoms in total. The SMILES string of the molecule is CCC(CC)NC(=O)Cn1cc(C)c(N)n1. The highest BCUT2D eigenvalue weighted by Crippen LogP contribution is 2.05. The Hall–Kier alpha value is -1.52. The molecule has 1 amide bonds. The summed E-state index contributed by atoms with van der Waals surface area (Å²) < 4.78 is 1.57. The number of carbonyl (C=O) groups is 1. The molecule has 0 atom stereocenters. The van der Waals surface area contributed by atoms with Gasteiger partial charge in [-0.05, 0) is 19.8 Å². The molecule has 0 saturated heterocycles. The summed E-state index contributed by atoms with van der Waals surface area (Å²) >= 11 is 0. The molecule has 1 rings (SSSR count). The molecule has 0 bridgehead atoms. The second-order valence-corrected chi connectivity index (χ2v) is 3.98. The number of hydrogen-bond donors (Lipinski definition) is 2. The van der Waals surface area contributed by atoms with Gasteiger partial charge in [0.1, 0.15) is 12.4 Å². The van der Waals surface area contributed by atoms with E-state index in [9.17, 15) is 4.79 Å². The van der Waals surface area contributed by atoms with Crippen LogP contribution >= 0.6 is 0 Å². The summed E-state index contributed by atoms with van der Waals surface area (Å²) in [5.41, 5.74) is 6.50. The Morgan fingerprint density at radius 3 is 2.62 bits per heavy atom. The van der Waals surface area contributed by atoms with Crippen LogP contribution in [0.4, 0.5) is 5.82 Å². The molecule has 16 heavy (non-hydrogen) atoms. The third kappa shape index (κ3) is 3.25. The second kappa shape index (κ2) is 5.53. The lowest BCUT2D eigenvalue weighted by Crippen LogP contribution is -2.36. The van der Waals surface area contributed by atoms with Gasteiger partial charge in [0.15, 0.2) is 0 Å². The molecule has 0 unspecified atom stereocenters. The van der Waals surface area contributed by atoms with E-state index in [1.54, 1.807) is 10.9 Å². The monoisotopic (exact) mass is 224 g/mol. The fourth-order valence-electron chi connectivity index (χ4n) is 1.53. The van der Waals surface area contributed by atoms with Gasteiger partial charge in [-0.2, -0.15) is 5.10 Å². The Labute approximate surface area is 96.0 Å². The molecule has 5 heteroatoms. The maximum atomic E-state index is 11.6. The van der Waals surface area contributed by atoms with Crippen LogP contribution in [0.2, 0.25) is 0 Å². The zero-order valence-electron chi connectivity index (χ0n) is 10.2. The lowest BCUT2D eigenvalue weighted by molar-refractivity contribution is -0.122. The van der Waals surface area contributed by atoms with Crippen molar-refractivity contribution in [3.63, 3.8) is 0 Å². The van der Waals surface area contributed by atoms with E-state index < -0.39 is 0 Å². The van der Waals surface area contributed by atoms with Crippen LogP contribution in [0.5, 0.6) is 0 Å². The third-order valence-corrected chi connectivity index (χ3v) is 2.64. The summed E-state index contributed by atoms with van der Waals surface area (Å²) in [7, 11) is 0. The van der Waals surface area contributed by atoms with E-state index in [1.807, 2.05) is 6.92 Å². The maximum Gasteiger partial charge on any atom is 0.241 e. The largest absolute Gasteiger partial charge is 0.382 e. The average molecular weight is 224 g/mol. The Balaban J connectivity index is 2.51. The van der Waals surface area contributed by atoms with E-state index in [-0.39, 0.29) is 18.5 Å². The van der Waals surface area contributed by atoms with Crippen molar-refractivity contribution in [3.05, 3.63) is 11.8 Å². The third-order valence-electron chi connectivity index (χ3n) is 2.64. The summed E-state index contributed by atoms with van der Waals surface area (Å²) in [6.45, 7) is 6.22. The van der Waals surface area contributed by atoms with Crippen LogP contribution in [-0.2, 0) is 11.3 Å². The van der Waals surface area contributed by atoms with Crippen LogP contribution in [0.15, 0.2) is 6.20 Å². The Kier molecular flexibility index (Phi) is 4.34. The van der Waals surface area contributed by atoms with E-state index in [2.05, 4.69) is 24.3 Å². The van der Waals surface area contributed by atoms with Crippen molar-refractivity contribution in [2.24, 2.45) is 0 Å². The topological polar surface area (TPSA) is 72.9 Å². The normalized spacial score (nSPS) is 10.8. The molecular weight excluding hydrogens is 204 g/mol. The fourth-order valence-corrected chi connectivity index (χ4v) is 1.53. The van der Waals surface area contributed by atoms with Crippen molar-refractivity contribution in [2.75, 3.05) is 5.73 Å². The molecular formula is C11H20N4O. The highest BCUT2D eigenvalue weighted by atomic mass is 16.2. The Bertz CT molecular complexity index is 335. The number of nitrogens with zero attached hydrogens (tertiary/aromatic N) is 2. The minimum atomic E-state index is -0.0174. The lowest BCUT2D eigenvalue weighted by atomic mass is 10.2. The van der Waals surface area contributed by atoms with Crippen molar-refractivity contribution in [1.82, 2.24) is 15.1 Å². The van der Waals surface area contributed by atoms with Crippen molar-refractivity contribution in [1.29, 1.82) is 0 Å². The maximum absolute atomic E-state index is 11.6. The van der Waals surface area contributed by atoms with Crippen molar-refractivity contribution in [2.45, 2.75) is 46.2 Å². The summed E-state index contributed by atoms with van der Waals surface area (Å²) in [5, 5.41) is 7.00. The van der Waals surface area contributed by atoms with E-state index >= 15 is 0 Å². The lowest BCUT2D eigenvalue weighted by Gasteiger charge is -2.14. The quantitative estimate of drug-likeness (QED) is 0.786. The number of aryl methyl sites for hydroxylation is 1. The number of hydrogen-bond acceptors (Lipinski definition) is 3. The van der Waals surface area contributed by atoms with Crippen molar-refractivity contribution in [3.8, 4) is 0 Å². The smallest absolute Gasteiger partial charge is 0.241 e. The average Bonchev–Trinajstić information content (AvgIpc) is 2.54. The molecule has 0 fully saturated rings. The van der Waals surface area contributed by atoms with Gasteiger partial charge in [-0.15, -0.1) is 0 Å². The van der Waals surface area contributed by atoms with E-state index in [1.165, 1.54) is 0 Å². The van der Waals surface area contributed by atoms with Crippen LogP contribution < -0.4 is 11.1 Å². The zero-order valence-corrected chi connectivity index (χ0v) is 10.2. The standard InChI is InChI=1S/C11H20N4O/c1-4-9(5-2)13-10(16)7-15-6-8(3)11(12)14-15/h6,9H,4-5,7H2,1-3H3,(H2,12,14)(H,13,16). The van der Waals surface area contributed by atoms with Gasteiger partial charge in [-0.3, -0.25) is 9.48 Å². The van der Waals surface area contributed by atoms with Crippen molar-refractivity contribution < 1.29 is 4.79 Å². The molecule has 0 spiro atoms. The van der Waals surface area contributed by atoms with E-state index in [0.717, 1.165) is 18.4 Å². The first-order chi connectivity index (χ1) is 7.56. The van der Waals surface area contributed by atoms with Crippen molar-refractivity contribution >= 4 is 11.7 Å². The molecule has 1 aromatic heterocycles.